The average Bonchev–Trinajstić information content (AvgIpc) is 2.82. The molecule has 1 unspecified atom stereocenters. The zero-order valence-electron chi connectivity index (χ0n) is 11.4. The second kappa shape index (κ2) is 5.01. The molecule has 2 N–H and O–H groups in total. The lowest BCUT2D eigenvalue weighted by atomic mass is 10.3. The molecule has 114 valence electrons. The molecular weight excluding hydrogens is 304 g/mol. The molecule has 1 aromatic rings. The van der Waals surface area contributed by atoms with Crippen LogP contribution >= 0.6 is 0 Å². The maximum atomic E-state index is 12.6. The van der Waals surface area contributed by atoms with Gasteiger partial charge in [0.05, 0.1) is 11.5 Å². The van der Waals surface area contributed by atoms with Gasteiger partial charge in [-0.15, -0.1) is 0 Å². The van der Waals surface area contributed by atoms with Gasteiger partial charge in [-0.05, 0) is 6.42 Å². The number of nitrogens with two attached hydrogens (primary N) is 1. The third-order valence-corrected chi connectivity index (χ3v) is 7.13. The van der Waals surface area contributed by atoms with Gasteiger partial charge in [0, 0.05) is 25.8 Å². The number of nitrogen functional groups attached to an aromatic ring is 1. The minimum Gasteiger partial charge on any atom is -0.381 e. The van der Waals surface area contributed by atoms with E-state index in [1.807, 2.05) is 0 Å². The lowest BCUT2D eigenvalue weighted by molar-refractivity contribution is 0.354. The predicted octanol–water partition coefficient (Wildman–Crippen LogP) is -0.800. The van der Waals surface area contributed by atoms with Gasteiger partial charge in [0.1, 0.15) is 4.90 Å². The molecule has 1 aromatic heterocycles. The molecular formula is C10H18N4O4S2. The number of hydrogen-bond acceptors (Lipinski definition) is 6. The number of aryl methyl sites for hydroxylation is 1. The molecule has 1 aliphatic heterocycles. The van der Waals surface area contributed by atoms with Crippen molar-refractivity contribution in [1.82, 2.24) is 14.1 Å². The van der Waals surface area contributed by atoms with Crippen LogP contribution in [0.1, 0.15) is 13.3 Å². The van der Waals surface area contributed by atoms with E-state index >= 15 is 0 Å². The molecule has 0 bridgehead atoms. The third kappa shape index (κ3) is 2.67. The van der Waals surface area contributed by atoms with E-state index in [1.165, 1.54) is 15.2 Å². The lowest BCUT2D eigenvalue weighted by Gasteiger charge is -2.25. The van der Waals surface area contributed by atoms with Gasteiger partial charge in [0.15, 0.2) is 15.7 Å². The van der Waals surface area contributed by atoms with Crippen LogP contribution in [0.3, 0.4) is 0 Å². The molecule has 2 heterocycles. The summed E-state index contributed by atoms with van der Waals surface area (Å²) in [5.74, 6) is -0.196. The van der Waals surface area contributed by atoms with Crippen molar-refractivity contribution < 1.29 is 16.8 Å². The highest BCUT2D eigenvalue weighted by atomic mass is 32.2. The number of sulfone groups is 1. The molecule has 1 aliphatic rings. The van der Waals surface area contributed by atoms with Gasteiger partial charge in [-0.2, -0.15) is 9.40 Å². The summed E-state index contributed by atoms with van der Waals surface area (Å²) in [7, 11) is -5.42. The monoisotopic (exact) mass is 322 g/mol. The Morgan fingerprint density at radius 2 is 2.20 bits per heavy atom. The van der Waals surface area contributed by atoms with E-state index in [2.05, 4.69) is 5.10 Å². The van der Waals surface area contributed by atoms with Crippen molar-refractivity contribution in [3.8, 4) is 0 Å². The quantitative estimate of drug-likeness (QED) is 0.776. The van der Waals surface area contributed by atoms with E-state index in [0.717, 1.165) is 0 Å². The summed E-state index contributed by atoms with van der Waals surface area (Å²) in [5.41, 5.74) is 5.62. The Hall–Kier alpha value is -1.13. The molecule has 1 fully saturated rings. The van der Waals surface area contributed by atoms with E-state index in [4.69, 9.17) is 5.73 Å². The van der Waals surface area contributed by atoms with Gasteiger partial charge in [0.25, 0.3) is 0 Å². The zero-order valence-corrected chi connectivity index (χ0v) is 13.0. The average molecular weight is 322 g/mol. The first-order valence-corrected chi connectivity index (χ1v) is 9.45. The second-order valence-corrected chi connectivity index (χ2v) is 8.91. The second-order valence-electron chi connectivity index (χ2n) is 4.82. The SMILES string of the molecule is CCN(C1CCS(=O)(=O)C1)S(=O)(=O)c1cn(C)nc1N. The Morgan fingerprint density at radius 3 is 2.60 bits per heavy atom. The number of rotatable bonds is 4. The Morgan fingerprint density at radius 1 is 1.55 bits per heavy atom. The van der Waals surface area contributed by atoms with Crippen molar-refractivity contribution in [3.05, 3.63) is 6.20 Å². The number of aromatic nitrogens is 2. The van der Waals surface area contributed by atoms with E-state index in [9.17, 15) is 16.8 Å². The fraction of sp³-hybridized carbons (Fsp3) is 0.700. The summed E-state index contributed by atoms with van der Waals surface area (Å²) in [4.78, 5) is -0.0776. The van der Waals surface area contributed by atoms with Gasteiger partial charge >= 0.3 is 0 Å². The zero-order chi connectivity index (χ0) is 15.1. The van der Waals surface area contributed by atoms with Crippen LogP contribution in [0, 0.1) is 0 Å². The molecule has 1 atom stereocenters. The molecule has 0 saturated carbocycles. The van der Waals surface area contributed by atoms with E-state index in [1.54, 1.807) is 14.0 Å². The molecule has 20 heavy (non-hydrogen) atoms. The van der Waals surface area contributed by atoms with Crippen LogP contribution in [-0.4, -0.2) is 55.0 Å². The van der Waals surface area contributed by atoms with Gasteiger partial charge in [0.2, 0.25) is 10.0 Å². The number of anilines is 1. The van der Waals surface area contributed by atoms with E-state index < -0.39 is 25.9 Å². The van der Waals surface area contributed by atoms with Crippen molar-refractivity contribution in [2.24, 2.45) is 7.05 Å². The van der Waals surface area contributed by atoms with Crippen LogP contribution in [0.15, 0.2) is 11.1 Å². The molecule has 0 aromatic carbocycles. The van der Waals surface area contributed by atoms with Gasteiger partial charge < -0.3 is 5.73 Å². The van der Waals surface area contributed by atoms with Crippen LogP contribution < -0.4 is 5.73 Å². The summed E-state index contributed by atoms with van der Waals surface area (Å²) in [6.45, 7) is 1.87. The first kappa shape index (κ1) is 15.3. The van der Waals surface area contributed by atoms with Gasteiger partial charge in [-0.25, -0.2) is 16.8 Å². The smallest absolute Gasteiger partial charge is 0.248 e. The van der Waals surface area contributed by atoms with Gasteiger partial charge in [-0.3, -0.25) is 4.68 Å². The number of hydrogen-bond donors (Lipinski definition) is 1. The van der Waals surface area contributed by atoms with Crippen molar-refractivity contribution in [3.63, 3.8) is 0 Å². The Kier molecular flexibility index (Phi) is 3.82. The molecule has 0 amide bonds. The minimum atomic E-state index is -3.83. The molecule has 10 heteroatoms. The van der Waals surface area contributed by atoms with Crippen LogP contribution in [0.4, 0.5) is 5.82 Å². The van der Waals surface area contributed by atoms with Crippen molar-refractivity contribution in [1.29, 1.82) is 0 Å². The standard InChI is InChI=1S/C10H18N4O4S2/c1-3-14(8-4-5-19(15,16)7-8)20(17,18)9-6-13(2)12-10(9)11/h6,8H,3-5,7H2,1-2H3,(H2,11,12). The first-order chi connectivity index (χ1) is 9.17. The number of sulfonamides is 1. The highest BCUT2D eigenvalue weighted by molar-refractivity contribution is 7.92. The third-order valence-electron chi connectivity index (χ3n) is 3.34. The van der Waals surface area contributed by atoms with Crippen LogP contribution in [0.2, 0.25) is 0 Å². The fourth-order valence-corrected chi connectivity index (χ4v) is 6.02. The van der Waals surface area contributed by atoms with Crippen molar-refractivity contribution in [2.45, 2.75) is 24.3 Å². The van der Waals surface area contributed by atoms with Crippen molar-refractivity contribution in [2.75, 3.05) is 23.8 Å². The summed E-state index contributed by atoms with van der Waals surface area (Å²) >= 11 is 0. The molecule has 8 nitrogen and oxygen atoms in total. The maximum absolute atomic E-state index is 12.6. The van der Waals surface area contributed by atoms with Crippen LogP contribution in [0.5, 0.6) is 0 Å². The topological polar surface area (TPSA) is 115 Å². The Balaban J connectivity index is 2.39. The molecule has 1 saturated heterocycles. The predicted molar refractivity (Wildman–Crippen MR) is 74.2 cm³/mol. The fourth-order valence-electron chi connectivity index (χ4n) is 2.44. The molecule has 0 aliphatic carbocycles. The van der Waals surface area contributed by atoms with E-state index in [0.29, 0.717) is 6.42 Å². The largest absolute Gasteiger partial charge is 0.381 e. The Labute approximate surface area is 118 Å². The highest BCUT2D eigenvalue weighted by Crippen LogP contribution is 2.27. The maximum Gasteiger partial charge on any atom is 0.248 e. The molecule has 2 rings (SSSR count). The lowest BCUT2D eigenvalue weighted by Crippen LogP contribution is -2.41. The first-order valence-electron chi connectivity index (χ1n) is 6.19. The van der Waals surface area contributed by atoms with Crippen LogP contribution in [0.25, 0.3) is 0 Å². The Bertz CT molecular complexity index is 708. The summed E-state index contributed by atoms with van der Waals surface area (Å²) in [6, 6.07) is -0.533. The highest BCUT2D eigenvalue weighted by Gasteiger charge is 2.39. The molecule has 0 radical (unpaired) electrons. The molecule has 0 spiro atoms. The van der Waals surface area contributed by atoms with Crippen molar-refractivity contribution >= 4 is 25.7 Å². The van der Waals surface area contributed by atoms with E-state index in [-0.39, 0.29) is 28.8 Å². The summed E-state index contributed by atoms with van der Waals surface area (Å²) in [6.07, 6.45) is 1.65. The summed E-state index contributed by atoms with van der Waals surface area (Å²) in [5, 5.41) is 3.82. The normalized spacial score (nSPS) is 22.4. The summed E-state index contributed by atoms with van der Waals surface area (Å²) < 4.78 is 50.8. The van der Waals surface area contributed by atoms with Crippen LogP contribution in [-0.2, 0) is 26.9 Å². The number of nitrogens with zero attached hydrogens (tertiary/aromatic N) is 3. The minimum absolute atomic E-state index is 0.0200. The van der Waals surface area contributed by atoms with Gasteiger partial charge in [-0.1, -0.05) is 6.92 Å².